The van der Waals surface area contributed by atoms with Crippen LogP contribution in [0.25, 0.3) is 0 Å². The van der Waals surface area contributed by atoms with Crippen molar-refractivity contribution in [3.05, 3.63) is 99.7 Å². The summed E-state index contributed by atoms with van der Waals surface area (Å²) in [5, 5.41) is 2.62. The van der Waals surface area contributed by atoms with E-state index >= 15 is 0 Å². The molecule has 0 fully saturated rings. The lowest BCUT2D eigenvalue weighted by atomic mass is 10.1. The molecule has 2 aromatic carbocycles. The normalized spacial score (nSPS) is 10.5. The summed E-state index contributed by atoms with van der Waals surface area (Å²) in [5.74, 6) is -0.828. The van der Waals surface area contributed by atoms with E-state index < -0.39 is 11.7 Å². The van der Waals surface area contributed by atoms with Crippen LogP contribution in [0.5, 0.6) is 0 Å². The van der Waals surface area contributed by atoms with Crippen LogP contribution in [0.1, 0.15) is 21.5 Å². The van der Waals surface area contributed by atoms with E-state index in [1.807, 2.05) is 31.2 Å². The number of halogens is 1. The molecule has 0 saturated heterocycles. The highest BCUT2D eigenvalue weighted by atomic mass is 19.1. The van der Waals surface area contributed by atoms with Crippen LogP contribution in [0.3, 0.4) is 0 Å². The number of hydrogen-bond donors (Lipinski definition) is 1. The van der Waals surface area contributed by atoms with Crippen LogP contribution in [0.4, 0.5) is 10.1 Å². The summed E-state index contributed by atoms with van der Waals surface area (Å²) in [6, 6.07) is 16.3. The van der Waals surface area contributed by atoms with Crippen LogP contribution in [0, 0.1) is 12.7 Å². The van der Waals surface area contributed by atoms with Gasteiger partial charge in [-0.1, -0.05) is 35.9 Å². The van der Waals surface area contributed by atoms with Gasteiger partial charge in [-0.25, -0.2) is 4.39 Å². The number of rotatable bonds is 4. The minimum Gasteiger partial charge on any atom is -0.322 e. The number of nitrogens with zero attached hydrogens (tertiary/aromatic N) is 1. The Kier molecular flexibility index (Phi) is 4.75. The van der Waals surface area contributed by atoms with Crippen LogP contribution in [0.2, 0.25) is 0 Å². The van der Waals surface area contributed by atoms with Gasteiger partial charge in [0.2, 0.25) is 0 Å². The second-order valence-corrected chi connectivity index (χ2v) is 5.84. The molecule has 0 atom stereocenters. The van der Waals surface area contributed by atoms with E-state index in [1.54, 1.807) is 6.07 Å². The first kappa shape index (κ1) is 16.6. The van der Waals surface area contributed by atoms with Crippen molar-refractivity contribution < 1.29 is 9.18 Å². The topological polar surface area (TPSA) is 51.1 Å². The number of carbonyl (C=O) groups is 1. The predicted octanol–water partition coefficient (Wildman–Crippen LogP) is 3.60. The number of nitrogens with one attached hydrogen (secondary N) is 1. The van der Waals surface area contributed by atoms with Gasteiger partial charge in [0, 0.05) is 18.0 Å². The number of amides is 1. The Labute approximate surface area is 144 Å². The maximum atomic E-state index is 13.2. The van der Waals surface area contributed by atoms with Crippen molar-refractivity contribution in [2.75, 3.05) is 5.32 Å². The van der Waals surface area contributed by atoms with Gasteiger partial charge in [0.15, 0.2) is 0 Å². The second-order valence-electron chi connectivity index (χ2n) is 5.84. The zero-order valence-corrected chi connectivity index (χ0v) is 13.7. The molecule has 1 heterocycles. The van der Waals surface area contributed by atoms with Gasteiger partial charge >= 0.3 is 0 Å². The molecule has 0 unspecified atom stereocenters. The highest BCUT2D eigenvalue weighted by Crippen LogP contribution is 2.11. The van der Waals surface area contributed by atoms with Crippen molar-refractivity contribution in [3.8, 4) is 0 Å². The van der Waals surface area contributed by atoms with E-state index in [1.165, 1.54) is 41.1 Å². The summed E-state index contributed by atoms with van der Waals surface area (Å²) in [6.45, 7) is 2.36. The smallest absolute Gasteiger partial charge is 0.257 e. The van der Waals surface area contributed by atoms with Crippen LogP contribution < -0.4 is 10.9 Å². The minimum atomic E-state index is -0.429. The molecule has 0 saturated carbocycles. The number of anilines is 1. The second kappa shape index (κ2) is 7.13. The fourth-order valence-corrected chi connectivity index (χ4v) is 2.57. The fraction of sp³-hybridized carbons (Fsp3) is 0.100. The SMILES string of the molecule is Cc1cccc(Cn2cc(C(=O)Nc3cccc(F)c3)ccc2=O)c1. The molecule has 3 rings (SSSR count). The van der Waals surface area contributed by atoms with Crippen molar-refractivity contribution in [3.63, 3.8) is 0 Å². The lowest BCUT2D eigenvalue weighted by Gasteiger charge is -2.10. The van der Waals surface area contributed by atoms with Crippen molar-refractivity contribution >= 4 is 11.6 Å². The number of pyridine rings is 1. The first-order chi connectivity index (χ1) is 12.0. The van der Waals surface area contributed by atoms with Gasteiger partial charge < -0.3 is 9.88 Å². The summed E-state index contributed by atoms with van der Waals surface area (Å²) >= 11 is 0. The molecule has 126 valence electrons. The number of aryl methyl sites for hydroxylation is 1. The maximum absolute atomic E-state index is 13.2. The zero-order chi connectivity index (χ0) is 17.8. The predicted molar refractivity (Wildman–Crippen MR) is 95.3 cm³/mol. The Bertz CT molecular complexity index is 979. The zero-order valence-electron chi connectivity index (χ0n) is 13.7. The highest BCUT2D eigenvalue weighted by Gasteiger charge is 2.09. The lowest BCUT2D eigenvalue weighted by Crippen LogP contribution is -2.22. The van der Waals surface area contributed by atoms with E-state index in [9.17, 15) is 14.0 Å². The van der Waals surface area contributed by atoms with Crippen LogP contribution in [-0.2, 0) is 6.54 Å². The van der Waals surface area contributed by atoms with Crippen molar-refractivity contribution in [2.24, 2.45) is 0 Å². The van der Waals surface area contributed by atoms with Gasteiger partial charge in [0.25, 0.3) is 11.5 Å². The summed E-state index contributed by atoms with van der Waals surface area (Å²) in [7, 11) is 0. The van der Waals surface area contributed by atoms with Crippen LogP contribution in [0.15, 0.2) is 71.7 Å². The minimum absolute atomic E-state index is 0.191. The molecule has 1 aromatic heterocycles. The largest absolute Gasteiger partial charge is 0.322 e. The average Bonchev–Trinajstić information content (AvgIpc) is 2.57. The molecular formula is C20H17FN2O2. The molecule has 4 nitrogen and oxygen atoms in total. The van der Waals surface area contributed by atoms with Crippen molar-refractivity contribution in [1.29, 1.82) is 0 Å². The summed E-state index contributed by atoms with van der Waals surface area (Å²) in [4.78, 5) is 24.4. The molecule has 3 aromatic rings. The molecule has 5 heteroatoms. The van der Waals surface area contributed by atoms with Crippen LogP contribution in [-0.4, -0.2) is 10.5 Å². The Morgan fingerprint density at radius 2 is 1.88 bits per heavy atom. The average molecular weight is 336 g/mol. The summed E-state index contributed by atoms with van der Waals surface area (Å²) in [6.07, 6.45) is 1.51. The van der Waals surface area contributed by atoms with E-state index in [4.69, 9.17) is 0 Å². The monoisotopic (exact) mass is 336 g/mol. The first-order valence-corrected chi connectivity index (χ1v) is 7.84. The molecular weight excluding hydrogens is 319 g/mol. The highest BCUT2D eigenvalue weighted by molar-refractivity contribution is 6.04. The lowest BCUT2D eigenvalue weighted by molar-refractivity contribution is 0.102. The van der Waals surface area contributed by atoms with Gasteiger partial charge in [-0.15, -0.1) is 0 Å². The van der Waals surface area contributed by atoms with E-state index in [-0.39, 0.29) is 5.56 Å². The van der Waals surface area contributed by atoms with E-state index in [0.29, 0.717) is 17.8 Å². The Hall–Kier alpha value is -3.21. The van der Waals surface area contributed by atoms with E-state index in [0.717, 1.165) is 11.1 Å². The number of benzene rings is 2. The maximum Gasteiger partial charge on any atom is 0.257 e. The third-order valence-electron chi connectivity index (χ3n) is 3.76. The Morgan fingerprint density at radius 1 is 1.08 bits per heavy atom. The quantitative estimate of drug-likeness (QED) is 0.791. The first-order valence-electron chi connectivity index (χ1n) is 7.84. The van der Waals surface area contributed by atoms with Crippen LogP contribution >= 0.6 is 0 Å². The molecule has 0 spiro atoms. The Balaban J connectivity index is 1.83. The molecule has 0 aliphatic rings. The van der Waals surface area contributed by atoms with Crippen molar-refractivity contribution in [1.82, 2.24) is 4.57 Å². The molecule has 0 radical (unpaired) electrons. The fourth-order valence-electron chi connectivity index (χ4n) is 2.57. The number of aromatic nitrogens is 1. The van der Waals surface area contributed by atoms with Gasteiger partial charge in [-0.3, -0.25) is 9.59 Å². The molecule has 0 aliphatic heterocycles. The molecule has 0 aliphatic carbocycles. The van der Waals surface area contributed by atoms with E-state index in [2.05, 4.69) is 5.32 Å². The third-order valence-corrected chi connectivity index (χ3v) is 3.76. The third kappa shape index (κ3) is 4.20. The molecule has 25 heavy (non-hydrogen) atoms. The molecule has 0 bridgehead atoms. The van der Waals surface area contributed by atoms with Gasteiger partial charge in [0.1, 0.15) is 5.82 Å². The van der Waals surface area contributed by atoms with Gasteiger partial charge in [0.05, 0.1) is 12.1 Å². The van der Waals surface area contributed by atoms with Gasteiger partial charge in [-0.2, -0.15) is 0 Å². The molecule has 1 N–H and O–H groups in total. The summed E-state index contributed by atoms with van der Waals surface area (Å²) in [5.41, 5.74) is 2.58. The van der Waals surface area contributed by atoms with Crippen molar-refractivity contribution in [2.45, 2.75) is 13.5 Å². The number of hydrogen-bond acceptors (Lipinski definition) is 2. The standard InChI is InChI=1S/C20H17FN2O2/c1-14-4-2-5-15(10-14)12-23-13-16(8-9-19(23)24)20(25)22-18-7-3-6-17(21)11-18/h2-11,13H,12H2,1H3,(H,22,25). The van der Waals surface area contributed by atoms with Gasteiger partial charge in [-0.05, 0) is 36.8 Å². The summed E-state index contributed by atoms with van der Waals surface area (Å²) < 4.78 is 14.7. The number of carbonyl (C=O) groups excluding carboxylic acids is 1. The Morgan fingerprint density at radius 3 is 2.64 bits per heavy atom. The molecule has 1 amide bonds.